The number of amides is 1. The lowest BCUT2D eigenvalue weighted by Crippen LogP contribution is -2.36. The summed E-state index contributed by atoms with van der Waals surface area (Å²) in [6, 6.07) is 3.47. The Bertz CT molecular complexity index is 485. The van der Waals surface area contributed by atoms with Crippen molar-refractivity contribution in [3.05, 3.63) is 23.4 Å². The van der Waals surface area contributed by atoms with Gasteiger partial charge in [-0.3, -0.25) is 4.79 Å². The highest BCUT2D eigenvalue weighted by Crippen LogP contribution is 2.22. The van der Waals surface area contributed by atoms with Crippen molar-refractivity contribution in [2.24, 2.45) is 11.8 Å². The summed E-state index contributed by atoms with van der Waals surface area (Å²) in [5, 5.41) is 6.76. The van der Waals surface area contributed by atoms with Gasteiger partial charge in [0.2, 0.25) is 11.8 Å². The van der Waals surface area contributed by atoms with E-state index in [1.165, 1.54) is 12.8 Å². The van der Waals surface area contributed by atoms with Crippen LogP contribution in [-0.2, 0) is 4.79 Å². The lowest BCUT2D eigenvalue weighted by molar-refractivity contribution is -0.122. The first-order chi connectivity index (χ1) is 10.7. The molecule has 24 heavy (non-hydrogen) atoms. The maximum Gasteiger partial charge on any atom is 0.232 e. The lowest BCUT2D eigenvalue weighted by Gasteiger charge is -2.28. The average molecular weight is 399 g/mol. The van der Waals surface area contributed by atoms with Crippen LogP contribution in [0.2, 0.25) is 5.02 Å². The first kappa shape index (κ1) is 23.2. The van der Waals surface area contributed by atoms with Crippen LogP contribution in [0.4, 0.5) is 0 Å². The molecule has 1 saturated heterocycles. The molecule has 138 valence electrons. The standard InChI is InChI=1S/C16H24ClN3O2.2ClH/c1-12(13-4-2-6-18-11-13)10-15(21)19-8-9-22-16-14(17)5-3-7-20-16;;/h3,5,7,12-13,18H,2,4,6,8-11H2,1H3,(H,19,21);2*1H. The number of aromatic nitrogens is 1. The molecule has 0 radical (unpaired) electrons. The van der Waals surface area contributed by atoms with Crippen LogP contribution >= 0.6 is 36.4 Å². The Labute approximate surface area is 161 Å². The number of halogens is 3. The van der Waals surface area contributed by atoms with Gasteiger partial charge in [0, 0.05) is 12.6 Å². The van der Waals surface area contributed by atoms with Gasteiger partial charge in [0.25, 0.3) is 0 Å². The second-order valence-corrected chi connectivity index (χ2v) is 6.18. The molecular formula is C16H26Cl3N3O2. The maximum absolute atomic E-state index is 11.9. The zero-order chi connectivity index (χ0) is 15.8. The Hall–Kier alpha value is -0.750. The van der Waals surface area contributed by atoms with E-state index in [9.17, 15) is 4.79 Å². The molecule has 1 aromatic rings. The second-order valence-electron chi connectivity index (χ2n) is 5.78. The number of hydrogen-bond acceptors (Lipinski definition) is 4. The van der Waals surface area contributed by atoms with E-state index >= 15 is 0 Å². The third kappa shape index (κ3) is 7.88. The second kappa shape index (κ2) is 12.6. The van der Waals surface area contributed by atoms with Gasteiger partial charge in [-0.15, -0.1) is 24.8 Å². The van der Waals surface area contributed by atoms with Crippen molar-refractivity contribution in [2.45, 2.75) is 26.2 Å². The molecule has 8 heteroatoms. The van der Waals surface area contributed by atoms with Gasteiger partial charge in [0.05, 0.1) is 6.54 Å². The predicted molar refractivity (Wildman–Crippen MR) is 102 cm³/mol. The van der Waals surface area contributed by atoms with Crippen LogP contribution in [0.1, 0.15) is 26.2 Å². The van der Waals surface area contributed by atoms with E-state index in [1.807, 2.05) is 0 Å². The van der Waals surface area contributed by atoms with Crippen LogP contribution in [0.15, 0.2) is 18.3 Å². The van der Waals surface area contributed by atoms with Crippen molar-refractivity contribution in [1.82, 2.24) is 15.6 Å². The Morgan fingerprint density at radius 3 is 3.00 bits per heavy atom. The number of ether oxygens (including phenoxy) is 1. The molecule has 1 aliphatic rings. The fraction of sp³-hybridized carbons (Fsp3) is 0.625. The number of hydrogen-bond donors (Lipinski definition) is 2. The van der Waals surface area contributed by atoms with Crippen LogP contribution in [0.3, 0.4) is 0 Å². The molecule has 2 heterocycles. The lowest BCUT2D eigenvalue weighted by atomic mass is 9.85. The van der Waals surface area contributed by atoms with Crippen molar-refractivity contribution >= 4 is 42.3 Å². The van der Waals surface area contributed by atoms with Crippen molar-refractivity contribution in [3.8, 4) is 5.88 Å². The van der Waals surface area contributed by atoms with Crippen LogP contribution in [-0.4, -0.2) is 37.1 Å². The van der Waals surface area contributed by atoms with Crippen LogP contribution in [0.5, 0.6) is 5.88 Å². The maximum atomic E-state index is 11.9. The average Bonchev–Trinajstić information content (AvgIpc) is 2.54. The SMILES string of the molecule is CC(CC(=O)NCCOc1ncccc1Cl)C1CCCNC1.Cl.Cl. The first-order valence-electron chi connectivity index (χ1n) is 7.87. The summed E-state index contributed by atoms with van der Waals surface area (Å²) in [7, 11) is 0. The zero-order valence-corrected chi connectivity index (χ0v) is 16.2. The minimum atomic E-state index is 0. The smallest absolute Gasteiger partial charge is 0.232 e. The van der Waals surface area contributed by atoms with Gasteiger partial charge in [-0.05, 0) is 49.9 Å². The molecule has 0 saturated carbocycles. The minimum absolute atomic E-state index is 0. The summed E-state index contributed by atoms with van der Waals surface area (Å²) in [4.78, 5) is 16.0. The normalized spacial score (nSPS) is 17.8. The molecule has 1 fully saturated rings. The summed E-state index contributed by atoms with van der Waals surface area (Å²) in [6.45, 7) is 5.10. The van der Waals surface area contributed by atoms with E-state index in [-0.39, 0.29) is 30.7 Å². The summed E-state index contributed by atoms with van der Waals surface area (Å²) >= 11 is 5.94. The molecular weight excluding hydrogens is 373 g/mol. The number of rotatable bonds is 7. The third-order valence-electron chi connectivity index (χ3n) is 4.03. The first-order valence-corrected chi connectivity index (χ1v) is 8.25. The van der Waals surface area contributed by atoms with Crippen molar-refractivity contribution in [3.63, 3.8) is 0 Å². The minimum Gasteiger partial charge on any atom is -0.475 e. The highest BCUT2D eigenvalue weighted by molar-refractivity contribution is 6.31. The Morgan fingerprint density at radius 2 is 2.33 bits per heavy atom. The zero-order valence-electron chi connectivity index (χ0n) is 13.8. The molecule has 0 spiro atoms. The van der Waals surface area contributed by atoms with Gasteiger partial charge in [0.15, 0.2) is 0 Å². The number of carbonyl (C=O) groups excluding carboxylic acids is 1. The van der Waals surface area contributed by atoms with E-state index < -0.39 is 0 Å². The molecule has 0 aromatic carbocycles. The molecule has 0 bridgehead atoms. The number of piperidine rings is 1. The summed E-state index contributed by atoms with van der Waals surface area (Å²) in [5.74, 6) is 1.48. The number of nitrogens with zero attached hydrogens (tertiary/aromatic N) is 1. The predicted octanol–water partition coefficient (Wildman–Crippen LogP) is 3.10. The molecule has 1 aromatic heterocycles. The van der Waals surface area contributed by atoms with Gasteiger partial charge in [0.1, 0.15) is 11.6 Å². The van der Waals surface area contributed by atoms with E-state index in [0.717, 1.165) is 13.1 Å². The molecule has 1 amide bonds. The van der Waals surface area contributed by atoms with Crippen LogP contribution in [0, 0.1) is 11.8 Å². The van der Waals surface area contributed by atoms with Gasteiger partial charge in [-0.1, -0.05) is 18.5 Å². The molecule has 2 rings (SSSR count). The molecule has 2 atom stereocenters. The van der Waals surface area contributed by atoms with Gasteiger partial charge in [-0.25, -0.2) is 4.98 Å². The summed E-state index contributed by atoms with van der Waals surface area (Å²) < 4.78 is 5.44. The fourth-order valence-corrected chi connectivity index (χ4v) is 2.89. The highest BCUT2D eigenvalue weighted by atomic mass is 35.5. The largest absolute Gasteiger partial charge is 0.475 e. The molecule has 5 nitrogen and oxygen atoms in total. The Kier molecular flexibility index (Phi) is 12.2. The van der Waals surface area contributed by atoms with E-state index in [4.69, 9.17) is 16.3 Å². The summed E-state index contributed by atoms with van der Waals surface area (Å²) in [5.41, 5.74) is 0. The van der Waals surface area contributed by atoms with E-state index in [0.29, 0.717) is 42.3 Å². The van der Waals surface area contributed by atoms with Crippen molar-refractivity contribution in [1.29, 1.82) is 0 Å². The van der Waals surface area contributed by atoms with Gasteiger partial charge < -0.3 is 15.4 Å². The Morgan fingerprint density at radius 1 is 1.54 bits per heavy atom. The molecule has 0 aliphatic carbocycles. The number of nitrogens with one attached hydrogen (secondary N) is 2. The topological polar surface area (TPSA) is 63.2 Å². The molecule has 2 N–H and O–H groups in total. The van der Waals surface area contributed by atoms with Gasteiger partial charge in [-0.2, -0.15) is 0 Å². The monoisotopic (exact) mass is 397 g/mol. The highest BCUT2D eigenvalue weighted by Gasteiger charge is 2.21. The van der Waals surface area contributed by atoms with Crippen molar-refractivity contribution < 1.29 is 9.53 Å². The molecule has 1 aliphatic heterocycles. The van der Waals surface area contributed by atoms with Crippen LogP contribution < -0.4 is 15.4 Å². The van der Waals surface area contributed by atoms with Gasteiger partial charge >= 0.3 is 0 Å². The van der Waals surface area contributed by atoms with E-state index in [1.54, 1.807) is 18.3 Å². The quantitative estimate of drug-likeness (QED) is 0.693. The number of pyridine rings is 1. The third-order valence-corrected chi connectivity index (χ3v) is 4.32. The fourth-order valence-electron chi connectivity index (χ4n) is 2.71. The van der Waals surface area contributed by atoms with Crippen molar-refractivity contribution in [2.75, 3.05) is 26.2 Å². The van der Waals surface area contributed by atoms with E-state index in [2.05, 4.69) is 22.5 Å². The summed E-state index contributed by atoms with van der Waals surface area (Å²) in [6.07, 6.45) is 4.61. The molecule has 2 unspecified atom stereocenters. The number of carbonyl (C=O) groups is 1. The Balaban J connectivity index is 0.00000264. The van der Waals surface area contributed by atoms with Crippen LogP contribution in [0.25, 0.3) is 0 Å².